The van der Waals surface area contributed by atoms with Gasteiger partial charge in [-0.15, -0.1) is 0 Å². The molecular formula is C19H17N3O5S. The molecule has 8 nitrogen and oxygen atoms in total. The Hall–Kier alpha value is -3.46. The molecule has 0 saturated heterocycles. The number of amides is 2. The second-order valence-corrected chi connectivity index (χ2v) is 6.64. The highest BCUT2D eigenvalue weighted by molar-refractivity contribution is 7.22. The summed E-state index contributed by atoms with van der Waals surface area (Å²) in [5, 5.41) is 5.40. The van der Waals surface area contributed by atoms with E-state index in [4.69, 9.17) is 9.47 Å². The number of anilines is 1. The maximum Gasteiger partial charge on any atom is 0.325 e. The summed E-state index contributed by atoms with van der Waals surface area (Å²) in [7, 11) is 1.57. The molecule has 0 fully saturated rings. The zero-order valence-corrected chi connectivity index (χ0v) is 15.7. The molecule has 1 heterocycles. The van der Waals surface area contributed by atoms with E-state index in [1.807, 2.05) is 6.07 Å². The maximum absolute atomic E-state index is 11.9. The SMILES string of the molecule is COc1ccc2nc(NC(=O)COC(=O)CNC(=O)c3ccccc3)sc2c1. The average Bonchev–Trinajstić information content (AvgIpc) is 3.12. The van der Waals surface area contributed by atoms with Gasteiger partial charge in [-0.3, -0.25) is 19.7 Å². The quantitative estimate of drug-likeness (QED) is 0.590. The molecule has 144 valence electrons. The van der Waals surface area contributed by atoms with Crippen molar-refractivity contribution in [1.82, 2.24) is 10.3 Å². The monoisotopic (exact) mass is 399 g/mol. The highest BCUT2D eigenvalue weighted by Gasteiger charge is 2.12. The number of carbonyl (C=O) groups excluding carboxylic acids is 3. The molecule has 9 heteroatoms. The third-order valence-electron chi connectivity index (χ3n) is 3.64. The second-order valence-electron chi connectivity index (χ2n) is 5.61. The number of hydrogen-bond donors (Lipinski definition) is 2. The number of nitrogens with one attached hydrogen (secondary N) is 2. The summed E-state index contributed by atoms with van der Waals surface area (Å²) < 4.78 is 10.9. The van der Waals surface area contributed by atoms with Crippen molar-refractivity contribution in [2.24, 2.45) is 0 Å². The summed E-state index contributed by atoms with van der Waals surface area (Å²) in [6.07, 6.45) is 0. The molecule has 0 saturated carbocycles. The van der Waals surface area contributed by atoms with Crippen LogP contribution in [0, 0.1) is 0 Å². The lowest BCUT2D eigenvalue weighted by Gasteiger charge is -2.06. The number of rotatable bonds is 7. The average molecular weight is 399 g/mol. The Morgan fingerprint density at radius 2 is 1.89 bits per heavy atom. The summed E-state index contributed by atoms with van der Waals surface area (Å²) in [4.78, 5) is 39.8. The molecule has 2 aromatic carbocycles. The van der Waals surface area contributed by atoms with Crippen molar-refractivity contribution >= 4 is 44.5 Å². The Morgan fingerprint density at radius 1 is 1.11 bits per heavy atom. The molecule has 28 heavy (non-hydrogen) atoms. The molecule has 2 amide bonds. The first-order valence-electron chi connectivity index (χ1n) is 8.28. The number of hydrogen-bond acceptors (Lipinski definition) is 7. The smallest absolute Gasteiger partial charge is 0.325 e. The highest BCUT2D eigenvalue weighted by atomic mass is 32.1. The van der Waals surface area contributed by atoms with Crippen LogP contribution in [0.15, 0.2) is 48.5 Å². The van der Waals surface area contributed by atoms with Crippen molar-refractivity contribution in [3.05, 3.63) is 54.1 Å². The molecule has 0 aliphatic rings. The van der Waals surface area contributed by atoms with Crippen LogP contribution < -0.4 is 15.4 Å². The fraction of sp³-hybridized carbons (Fsp3) is 0.158. The molecule has 0 aliphatic carbocycles. The van der Waals surface area contributed by atoms with Crippen LogP contribution >= 0.6 is 11.3 Å². The summed E-state index contributed by atoms with van der Waals surface area (Å²) in [5.74, 6) is -0.936. The zero-order chi connectivity index (χ0) is 19.9. The summed E-state index contributed by atoms with van der Waals surface area (Å²) in [6.45, 7) is -0.804. The van der Waals surface area contributed by atoms with E-state index in [9.17, 15) is 14.4 Å². The maximum atomic E-state index is 11.9. The van der Waals surface area contributed by atoms with E-state index in [2.05, 4.69) is 15.6 Å². The number of carbonyl (C=O) groups is 3. The number of nitrogens with zero attached hydrogens (tertiary/aromatic N) is 1. The number of benzene rings is 2. The second kappa shape index (κ2) is 8.96. The summed E-state index contributed by atoms with van der Waals surface area (Å²) in [5.41, 5.74) is 1.15. The minimum Gasteiger partial charge on any atom is -0.497 e. The van der Waals surface area contributed by atoms with Crippen LogP contribution in [-0.4, -0.2) is 43.0 Å². The van der Waals surface area contributed by atoms with Gasteiger partial charge in [0.1, 0.15) is 12.3 Å². The lowest BCUT2D eigenvalue weighted by Crippen LogP contribution is -2.32. The van der Waals surface area contributed by atoms with Crippen LogP contribution in [0.5, 0.6) is 5.75 Å². The Morgan fingerprint density at radius 3 is 2.64 bits per heavy atom. The van der Waals surface area contributed by atoms with Crippen molar-refractivity contribution < 1.29 is 23.9 Å². The van der Waals surface area contributed by atoms with Crippen molar-refractivity contribution in [3.63, 3.8) is 0 Å². The number of thiazole rings is 1. The molecular weight excluding hydrogens is 382 g/mol. The van der Waals surface area contributed by atoms with Crippen LogP contribution in [0.1, 0.15) is 10.4 Å². The van der Waals surface area contributed by atoms with Gasteiger partial charge in [-0.05, 0) is 30.3 Å². The van der Waals surface area contributed by atoms with Crippen LogP contribution in [0.2, 0.25) is 0 Å². The van der Waals surface area contributed by atoms with E-state index in [1.165, 1.54) is 11.3 Å². The van der Waals surface area contributed by atoms with Gasteiger partial charge >= 0.3 is 5.97 Å². The van der Waals surface area contributed by atoms with Crippen LogP contribution in [-0.2, 0) is 14.3 Å². The van der Waals surface area contributed by atoms with Gasteiger partial charge < -0.3 is 14.8 Å². The van der Waals surface area contributed by atoms with Gasteiger partial charge in [0.25, 0.3) is 11.8 Å². The van der Waals surface area contributed by atoms with Crippen molar-refractivity contribution in [2.75, 3.05) is 25.6 Å². The molecule has 1 aromatic heterocycles. The molecule has 0 radical (unpaired) electrons. The van der Waals surface area contributed by atoms with E-state index in [-0.39, 0.29) is 6.54 Å². The first-order valence-corrected chi connectivity index (χ1v) is 9.10. The van der Waals surface area contributed by atoms with Crippen molar-refractivity contribution in [3.8, 4) is 5.75 Å². The fourth-order valence-electron chi connectivity index (χ4n) is 2.28. The van der Waals surface area contributed by atoms with Gasteiger partial charge in [-0.2, -0.15) is 0 Å². The van der Waals surface area contributed by atoms with Crippen LogP contribution in [0.25, 0.3) is 10.2 Å². The van der Waals surface area contributed by atoms with E-state index < -0.39 is 24.4 Å². The molecule has 0 atom stereocenters. The normalized spacial score (nSPS) is 10.3. The standard InChI is InChI=1S/C19H17N3O5S/c1-26-13-7-8-14-15(9-13)28-19(21-14)22-16(23)11-27-17(24)10-20-18(25)12-5-3-2-4-6-12/h2-9H,10-11H2,1H3,(H,20,25)(H,21,22,23). The van der Waals surface area contributed by atoms with Gasteiger partial charge in [0.05, 0.1) is 17.3 Å². The van der Waals surface area contributed by atoms with Gasteiger partial charge in [0, 0.05) is 5.56 Å². The number of aromatic nitrogens is 1. The van der Waals surface area contributed by atoms with Gasteiger partial charge in [0.15, 0.2) is 11.7 Å². The first kappa shape index (κ1) is 19.3. The Kier molecular flexibility index (Phi) is 6.18. The Balaban J connectivity index is 1.45. The number of fused-ring (bicyclic) bond motifs is 1. The Bertz CT molecular complexity index is 1000. The first-order chi connectivity index (χ1) is 13.5. The molecule has 3 aromatic rings. The molecule has 0 bridgehead atoms. The number of ether oxygens (including phenoxy) is 2. The van der Waals surface area contributed by atoms with Crippen molar-refractivity contribution in [1.29, 1.82) is 0 Å². The van der Waals surface area contributed by atoms with E-state index >= 15 is 0 Å². The third-order valence-corrected chi connectivity index (χ3v) is 4.57. The minimum absolute atomic E-state index is 0.331. The van der Waals surface area contributed by atoms with Crippen LogP contribution in [0.3, 0.4) is 0 Å². The van der Waals surface area contributed by atoms with Gasteiger partial charge in [-0.1, -0.05) is 29.5 Å². The highest BCUT2D eigenvalue weighted by Crippen LogP contribution is 2.29. The van der Waals surface area contributed by atoms with Gasteiger partial charge in [0.2, 0.25) is 0 Å². The van der Waals surface area contributed by atoms with E-state index in [0.29, 0.717) is 16.4 Å². The molecule has 0 aliphatic heterocycles. The largest absolute Gasteiger partial charge is 0.497 e. The summed E-state index contributed by atoms with van der Waals surface area (Å²) in [6, 6.07) is 13.9. The molecule has 0 unspecified atom stereocenters. The predicted molar refractivity (Wildman–Crippen MR) is 105 cm³/mol. The number of esters is 1. The Labute approximate surface area is 164 Å². The zero-order valence-electron chi connectivity index (χ0n) is 14.9. The predicted octanol–water partition coefficient (Wildman–Crippen LogP) is 2.22. The number of methoxy groups -OCH3 is 1. The fourth-order valence-corrected chi connectivity index (χ4v) is 3.19. The summed E-state index contributed by atoms with van der Waals surface area (Å²) >= 11 is 1.28. The van der Waals surface area contributed by atoms with Crippen molar-refractivity contribution in [2.45, 2.75) is 0 Å². The minimum atomic E-state index is -0.714. The van der Waals surface area contributed by atoms with E-state index in [1.54, 1.807) is 49.6 Å². The molecule has 2 N–H and O–H groups in total. The molecule has 0 spiro atoms. The van der Waals surface area contributed by atoms with E-state index in [0.717, 1.165) is 10.2 Å². The lowest BCUT2D eigenvalue weighted by molar-refractivity contribution is -0.146. The topological polar surface area (TPSA) is 107 Å². The van der Waals surface area contributed by atoms with Gasteiger partial charge in [-0.25, -0.2) is 4.98 Å². The third kappa shape index (κ3) is 5.04. The lowest BCUT2D eigenvalue weighted by atomic mass is 10.2. The van der Waals surface area contributed by atoms with Crippen LogP contribution in [0.4, 0.5) is 5.13 Å². The molecule has 3 rings (SSSR count).